The summed E-state index contributed by atoms with van der Waals surface area (Å²) in [5, 5.41) is 4.92. The highest BCUT2D eigenvalue weighted by Gasteiger charge is 2.21. The monoisotopic (exact) mass is 355 g/mol. The van der Waals surface area contributed by atoms with Gasteiger partial charge in [-0.1, -0.05) is 23.7 Å². The molecule has 3 rings (SSSR count). The van der Waals surface area contributed by atoms with Crippen molar-refractivity contribution in [1.29, 1.82) is 0 Å². The lowest BCUT2D eigenvalue weighted by Gasteiger charge is -2.21. The number of carbonyl (C=O) groups is 1. The summed E-state index contributed by atoms with van der Waals surface area (Å²) >= 11 is 5.95. The average molecular weight is 356 g/mol. The molecular formula is C19H18ClN3O2. The van der Waals surface area contributed by atoms with Gasteiger partial charge in [-0.3, -0.25) is 0 Å². The minimum atomic E-state index is -0.695. The lowest BCUT2D eigenvalue weighted by Crippen LogP contribution is -2.27. The number of nitrogens with zero attached hydrogens (tertiary/aromatic N) is 1. The summed E-state index contributed by atoms with van der Waals surface area (Å²) in [6.45, 7) is 0. The molecule has 6 heteroatoms. The molecule has 0 bridgehead atoms. The van der Waals surface area contributed by atoms with Gasteiger partial charge in [0.15, 0.2) is 0 Å². The van der Waals surface area contributed by atoms with E-state index in [-0.39, 0.29) is 0 Å². The van der Waals surface area contributed by atoms with Gasteiger partial charge in [-0.2, -0.15) is 5.10 Å². The van der Waals surface area contributed by atoms with Crippen molar-refractivity contribution in [3.05, 3.63) is 69.8 Å². The Morgan fingerprint density at radius 3 is 2.68 bits per heavy atom. The van der Waals surface area contributed by atoms with E-state index in [0.717, 1.165) is 40.9 Å². The van der Waals surface area contributed by atoms with Crippen LogP contribution in [0.5, 0.6) is 5.75 Å². The summed E-state index contributed by atoms with van der Waals surface area (Å²) in [4.78, 5) is 11.1. The zero-order chi connectivity index (χ0) is 17.8. The van der Waals surface area contributed by atoms with E-state index in [4.69, 9.17) is 22.1 Å². The predicted molar refractivity (Wildman–Crippen MR) is 100 cm³/mol. The number of urea groups is 1. The van der Waals surface area contributed by atoms with Gasteiger partial charge in [-0.05, 0) is 65.9 Å². The van der Waals surface area contributed by atoms with Crippen molar-refractivity contribution in [3.8, 4) is 5.75 Å². The number of rotatable bonds is 3. The van der Waals surface area contributed by atoms with Gasteiger partial charge in [0.05, 0.1) is 12.8 Å². The number of nitrogens with one attached hydrogen (secondary N) is 1. The summed E-state index contributed by atoms with van der Waals surface area (Å²) in [6.07, 6.45) is 3.70. The van der Waals surface area contributed by atoms with Crippen molar-refractivity contribution in [2.45, 2.75) is 12.8 Å². The molecule has 0 atom stereocenters. The van der Waals surface area contributed by atoms with E-state index >= 15 is 0 Å². The first kappa shape index (κ1) is 17.0. The molecular weight excluding hydrogens is 338 g/mol. The molecule has 2 aromatic carbocycles. The first-order chi connectivity index (χ1) is 12.1. The normalized spacial score (nSPS) is 16.6. The number of hydrazone groups is 1. The number of benzene rings is 2. The fraction of sp³-hybridized carbons (Fsp3) is 0.158. The summed E-state index contributed by atoms with van der Waals surface area (Å²) in [5.41, 5.74) is 12.3. The van der Waals surface area contributed by atoms with E-state index in [0.29, 0.717) is 10.7 Å². The van der Waals surface area contributed by atoms with E-state index in [1.807, 2.05) is 48.5 Å². The third-order valence-electron chi connectivity index (χ3n) is 4.02. The number of carbonyl (C=O) groups excluding carboxylic acids is 1. The third-order valence-corrected chi connectivity index (χ3v) is 4.28. The number of allylic oxidation sites excluding steroid dienone is 1. The topological polar surface area (TPSA) is 76.7 Å². The number of hydrogen-bond donors (Lipinski definition) is 2. The van der Waals surface area contributed by atoms with E-state index in [9.17, 15) is 4.79 Å². The lowest BCUT2D eigenvalue weighted by molar-refractivity contribution is 0.249. The van der Waals surface area contributed by atoms with Crippen molar-refractivity contribution in [1.82, 2.24) is 5.43 Å². The first-order valence-electron chi connectivity index (χ1n) is 7.84. The van der Waals surface area contributed by atoms with Crippen LogP contribution in [-0.2, 0) is 6.42 Å². The number of aryl methyl sites for hydroxylation is 1. The summed E-state index contributed by atoms with van der Waals surface area (Å²) < 4.78 is 5.29. The Morgan fingerprint density at radius 2 is 2.00 bits per heavy atom. The molecule has 1 aliphatic rings. The van der Waals surface area contributed by atoms with Crippen molar-refractivity contribution >= 4 is 29.4 Å². The fourth-order valence-corrected chi connectivity index (χ4v) is 2.97. The highest BCUT2D eigenvalue weighted by molar-refractivity contribution is 6.30. The molecule has 5 nitrogen and oxygen atoms in total. The average Bonchev–Trinajstić information content (AvgIpc) is 2.62. The molecule has 0 saturated carbocycles. The molecule has 2 amide bonds. The van der Waals surface area contributed by atoms with Crippen molar-refractivity contribution < 1.29 is 9.53 Å². The molecule has 3 N–H and O–H groups in total. The van der Waals surface area contributed by atoms with E-state index in [1.165, 1.54) is 0 Å². The van der Waals surface area contributed by atoms with E-state index < -0.39 is 6.03 Å². The number of nitrogens with two attached hydrogens (primary N) is 1. The minimum absolute atomic E-state index is 0.688. The van der Waals surface area contributed by atoms with Gasteiger partial charge in [0.1, 0.15) is 5.75 Å². The molecule has 0 saturated heterocycles. The molecule has 0 radical (unpaired) electrons. The van der Waals surface area contributed by atoms with Gasteiger partial charge < -0.3 is 10.5 Å². The van der Waals surface area contributed by atoms with Crippen LogP contribution in [0.25, 0.3) is 6.08 Å². The zero-order valence-electron chi connectivity index (χ0n) is 13.8. The summed E-state index contributed by atoms with van der Waals surface area (Å²) in [5.74, 6) is 0.797. The maximum absolute atomic E-state index is 11.1. The van der Waals surface area contributed by atoms with Crippen LogP contribution in [-0.4, -0.2) is 18.9 Å². The van der Waals surface area contributed by atoms with Crippen LogP contribution in [0.2, 0.25) is 5.02 Å². The first-order valence-corrected chi connectivity index (χ1v) is 8.21. The van der Waals surface area contributed by atoms with Crippen LogP contribution in [0.15, 0.2) is 53.1 Å². The second kappa shape index (κ2) is 7.40. The number of primary amides is 1. The van der Waals surface area contributed by atoms with Crippen LogP contribution in [0.4, 0.5) is 4.79 Å². The maximum Gasteiger partial charge on any atom is 0.332 e. The van der Waals surface area contributed by atoms with Gasteiger partial charge in [0.25, 0.3) is 0 Å². The van der Waals surface area contributed by atoms with Gasteiger partial charge in [0, 0.05) is 10.6 Å². The molecule has 1 aliphatic carbocycles. The highest BCUT2D eigenvalue weighted by atomic mass is 35.5. The van der Waals surface area contributed by atoms with Gasteiger partial charge in [-0.15, -0.1) is 0 Å². The van der Waals surface area contributed by atoms with E-state index in [2.05, 4.69) is 10.5 Å². The van der Waals surface area contributed by atoms with Gasteiger partial charge in [0.2, 0.25) is 0 Å². The Bertz CT molecular complexity index is 857. The molecule has 128 valence electrons. The largest absolute Gasteiger partial charge is 0.497 e. The molecule has 0 heterocycles. The number of ether oxygens (including phenoxy) is 1. The molecule has 2 aromatic rings. The van der Waals surface area contributed by atoms with Gasteiger partial charge in [-0.25, -0.2) is 10.2 Å². The lowest BCUT2D eigenvalue weighted by atomic mass is 9.85. The Kier molecular flexibility index (Phi) is 5.05. The molecule has 0 aliphatic heterocycles. The van der Waals surface area contributed by atoms with E-state index in [1.54, 1.807) is 7.11 Å². The quantitative estimate of drug-likeness (QED) is 0.822. The second-order valence-electron chi connectivity index (χ2n) is 5.68. The highest BCUT2D eigenvalue weighted by Crippen LogP contribution is 2.30. The van der Waals surface area contributed by atoms with Gasteiger partial charge >= 0.3 is 6.03 Å². The van der Waals surface area contributed by atoms with Crippen LogP contribution in [0, 0.1) is 0 Å². The molecule has 0 fully saturated rings. The maximum atomic E-state index is 11.1. The number of methoxy groups -OCH3 is 1. The Morgan fingerprint density at radius 1 is 1.24 bits per heavy atom. The van der Waals surface area contributed by atoms with Crippen LogP contribution in [0.3, 0.4) is 0 Å². The van der Waals surface area contributed by atoms with Crippen molar-refractivity contribution in [2.24, 2.45) is 10.8 Å². The van der Waals surface area contributed by atoms with Crippen molar-refractivity contribution in [3.63, 3.8) is 0 Å². The number of amides is 2. The summed E-state index contributed by atoms with van der Waals surface area (Å²) in [7, 11) is 1.64. The standard InChI is InChI=1S/C19H18ClN3O2/c1-25-16-8-9-17-13(11-16)4-5-14(18(17)22-23-19(21)24)10-12-2-6-15(20)7-3-12/h2-3,6-11H,4-5H2,1H3,(H3,21,23,24)/b14-10+,22-18+. The summed E-state index contributed by atoms with van der Waals surface area (Å²) in [6, 6.07) is 12.7. The van der Waals surface area contributed by atoms with Crippen LogP contribution < -0.4 is 15.9 Å². The number of halogens is 1. The smallest absolute Gasteiger partial charge is 0.332 e. The van der Waals surface area contributed by atoms with Crippen LogP contribution >= 0.6 is 11.6 Å². The second-order valence-corrected chi connectivity index (χ2v) is 6.12. The molecule has 0 spiro atoms. The van der Waals surface area contributed by atoms with Crippen LogP contribution in [0.1, 0.15) is 23.1 Å². The number of fused-ring (bicyclic) bond motifs is 1. The molecule has 0 unspecified atom stereocenters. The molecule has 25 heavy (non-hydrogen) atoms. The Balaban J connectivity index is 2.04. The predicted octanol–water partition coefficient (Wildman–Crippen LogP) is 3.75. The van der Waals surface area contributed by atoms with Crippen molar-refractivity contribution in [2.75, 3.05) is 7.11 Å². The SMILES string of the molecule is COc1ccc2c(c1)CCC(=C\c1ccc(Cl)cc1)/C2=N\NC(N)=O. The molecule has 0 aromatic heterocycles. The Labute approximate surface area is 151 Å². The third kappa shape index (κ3) is 4.00. The fourth-order valence-electron chi connectivity index (χ4n) is 2.84. The zero-order valence-corrected chi connectivity index (χ0v) is 14.5. The number of hydrogen-bond acceptors (Lipinski definition) is 3. The minimum Gasteiger partial charge on any atom is -0.497 e. The Hall–Kier alpha value is -2.79.